The van der Waals surface area contributed by atoms with Gasteiger partial charge in [0.1, 0.15) is 0 Å². The molecule has 0 unspecified atom stereocenters. The van der Waals surface area contributed by atoms with Crippen molar-refractivity contribution in [2.24, 2.45) is 0 Å². The van der Waals surface area contributed by atoms with E-state index in [2.05, 4.69) is 282 Å². The van der Waals surface area contributed by atoms with E-state index >= 15 is 0 Å². The number of anilines is 8. The summed E-state index contributed by atoms with van der Waals surface area (Å²) < 4.78 is 0. The number of rotatable bonds is 10. The lowest BCUT2D eigenvalue weighted by Gasteiger charge is -2.37. The quantitative estimate of drug-likeness (QED) is 0.138. The molecule has 4 heteroatoms. The van der Waals surface area contributed by atoms with Crippen LogP contribution in [-0.4, -0.2) is 7.28 Å². The van der Waals surface area contributed by atoms with Crippen LogP contribution in [0.15, 0.2) is 267 Å². The second-order valence-corrected chi connectivity index (χ2v) is 17.4. The highest BCUT2D eigenvalue weighted by Gasteiger charge is 2.31. The van der Waals surface area contributed by atoms with Crippen molar-refractivity contribution in [2.75, 3.05) is 15.1 Å². The van der Waals surface area contributed by atoms with Crippen LogP contribution in [0.4, 0.5) is 45.5 Å². The number of benzene rings is 11. The zero-order chi connectivity index (χ0) is 45.2. The van der Waals surface area contributed by atoms with E-state index in [0.717, 1.165) is 52.7 Å². The Hall–Kier alpha value is -8.86. The van der Waals surface area contributed by atoms with Crippen molar-refractivity contribution in [3.8, 4) is 44.5 Å². The molecule has 0 amide bonds. The van der Waals surface area contributed by atoms with Crippen molar-refractivity contribution in [2.45, 2.75) is 0 Å². The van der Waals surface area contributed by atoms with Crippen molar-refractivity contribution in [1.82, 2.24) is 0 Å². The van der Waals surface area contributed by atoms with Gasteiger partial charge in [-0.3, -0.25) is 0 Å². The predicted molar refractivity (Wildman–Crippen MR) is 291 cm³/mol. The Labute approximate surface area is 399 Å². The van der Waals surface area contributed by atoms with Gasteiger partial charge in [0.25, 0.3) is 0 Å². The number of nitrogens with one attached hydrogen (secondary N) is 1. The van der Waals surface area contributed by atoms with Crippen molar-refractivity contribution in [3.05, 3.63) is 267 Å². The first-order valence-electron chi connectivity index (χ1n) is 23.4. The molecule has 0 saturated heterocycles. The molecule has 320 valence electrons. The van der Waals surface area contributed by atoms with Gasteiger partial charge in [-0.15, -0.1) is 0 Å². The van der Waals surface area contributed by atoms with E-state index in [1.165, 1.54) is 66.3 Å². The lowest BCUT2D eigenvalue weighted by molar-refractivity contribution is 1.26. The van der Waals surface area contributed by atoms with Crippen LogP contribution in [0.1, 0.15) is 0 Å². The molecule has 3 nitrogen and oxygen atoms in total. The third-order valence-electron chi connectivity index (χ3n) is 13.2. The summed E-state index contributed by atoms with van der Waals surface area (Å²) in [5.41, 5.74) is 20.8. The van der Waals surface area contributed by atoms with Crippen LogP contribution in [0.3, 0.4) is 0 Å². The van der Waals surface area contributed by atoms with E-state index < -0.39 is 0 Å². The van der Waals surface area contributed by atoms with Crippen LogP contribution in [0.5, 0.6) is 0 Å². The fourth-order valence-corrected chi connectivity index (χ4v) is 10.00. The van der Waals surface area contributed by atoms with Crippen LogP contribution < -0.4 is 26.0 Å². The SMILES string of the molecule is B1c2ccc(N(c3ccccc3)c3ccccc3)cc2N(c2cccc(-c3ccccc3)c2)c2cc3ccccc3c(-c3cc(-c4ccccc4)ccc3Nc3cccc(-c4ccccc4)c3)c21. The number of hydrogen-bond donors (Lipinski definition) is 1. The Kier molecular flexibility index (Phi) is 10.7. The number of para-hydroxylation sites is 2. The Bertz CT molecular complexity index is 3520. The number of nitrogens with zero attached hydrogens (tertiary/aromatic N) is 2. The summed E-state index contributed by atoms with van der Waals surface area (Å²) in [5, 5.41) is 6.35. The molecular weight excluding hydrogens is 822 g/mol. The molecule has 0 aromatic heterocycles. The first-order chi connectivity index (χ1) is 33.7. The molecule has 1 heterocycles. The molecule has 0 bridgehead atoms. The van der Waals surface area contributed by atoms with E-state index in [9.17, 15) is 0 Å². The molecule has 0 spiro atoms. The average Bonchev–Trinajstić information content (AvgIpc) is 3.41. The molecule has 0 radical (unpaired) electrons. The predicted octanol–water partition coefficient (Wildman–Crippen LogP) is 15.9. The minimum absolute atomic E-state index is 0.745. The van der Waals surface area contributed by atoms with Gasteiger partial charge >= 0.3 is 0 Å². The van der Waals surface area contributed by atoms with Gasteiger partial charge in [0, 0.05) is 51.1 Å². The lowest BCUT2D eigenvalue weighted by atomic mass is 9.57. The van der Waals surface area contributed by atoms with Gasteiger partial charge in [-0.05, 0) is 134 Å². The van der Waals surface area contributed by atoms with Crippen LogP contribution in [0.25, 0.3) is 55.3 Å². The number of fused-ring (bicyclic) bond motifs is 3. The van der Waals surface area contributed by atoms with E-state index in [4.69, 9.17) is 0 Å². The van der Waals surface area contributed by atoms with Crippen LogP contribution in [0.2, 0.25) is 0 Å². The summed E-state index contributed by atoms with van der Waals surface area (Å²) in [6.45, 7) is 0. The summed E-state index contributed by atoms with van der Waals surface area (Å²) in [4.78, 5) is 4.88. The van der Waals surface area contributed by atoms with Gasteiger partial charge < -0.3 is 15.1 Å². The summed E-state index contributed by atoms with van der Waals surface area (Å²) in [6, 6.07) is 96.6. The second-order valence-electron chi connectivity index (χ2n) is 17.4. The van der Waals surface area contributed by atoms with Gasteiger partial charge in [0.2, 0.25) is 0 Å². The summed E-state index contributed by atoms with van der Waals surface area (Å²) in [5.74, 6) is 0. The third kappa shape index (κ3) is 7.78. The maximum Gasteiger partial charge on any atom is 0.198 e. The highest BCUT2D eigenvalue weighted by molar-refractivity contribution is 6.73. The molecule has 1 aliphatic rings. The first-order valence-corrected chi connectivity index (χ1v) is 23.4. The first kappa shape index (κ1) is 40.6. The normalized spacial score (nSPS) is 11.6. The molecule has 68 heavy (non-hydrogen) atoms. The second kappa shape index (κ2) is 17.8. The largest absolute Gasteiger partial charge is 0.355 e. The van der Waals surface area contributed by atoms with Crippen molar-refractivity contribution in [1.29, 1.82) is 0 Å². The van der Waals surface area contributed by atoms with E-state index in [1.807, 2.05) is 0 Å². The lowest BCUT2D eigenvalue weighted by Crippen LogP contribution is -2.41. The molecule has 12 rings (SSSR count). The highest BCUT2D eigenvalue weighted by atomic mass is 15.2. The van der Waals surface area contributed by atoms with Crippen molar-refractivity contribution in [3.63, 3.8) is 0 Å². The Balaban J connectivity index is 1.10. The molecule has 0 atom stereocenters. The van der Waals surface area contributed by atoms with E-state index in [0.29, 0.717) is 0 Å². The number of hydrogen-bond acceptors (Lipinski definition) is 3. The van der Waals surface area contributed by atoms with Crippen LogP contribution >= 0.6 is 0 Å². The van der Waals surface area contributed by atoms with Gasteiger partial charge in [-0.2, -0.15) is 0 Å². The van der Waals surface area contributed by atoms with Gasteiger partial charge in [0.05, 0.1) is 0 Å². The molecule has 1 aliphatic heterocycles. The Morgan fingerprint density at radius 3 is 1.56 bits per heavy atom. The zero-order valence-corrected chi connectivity index (χ0v) is 37.5. The molecular formula is C64H46BN3. The Morgan fingerprint density at radius 1 is 0.368 bits per heavy atom. The average molecular weight is 868 g/mol. The molecule has 11 aromatic carbocycles. The summed E-state index contributed by atoms with van der Waals surface area (Å²) >= 11 is 0. The topological polar surface area (TPSA) is 18.5 Å². The van der Waals surface area contributed by atoms with Crippen molar-refractivity contribution < 1.29 is 0 Å². The fraction of sp³-hybridized carbons (Fsp3) is 0. The molecule has 1 N–H and O–H groups in total. The van der Waals surface area contributed by atoms with Crippen LogP contribution in [0, 0.1) is 0 Å². The van der Waals surface area contributed by atoms with Crippen LogP contribution in [-0.2, 0) is 0 Å². The van der Waals surface area contributed by atoms with E-state index in [-0.39, 0.29) is 0 Å². The minimum Gasteiger partial charge on any atom is -0.355 e. The molecule has 11 aromatic rings. The minimum atomic E-state index is 0.745. The zero-order valence-electron chi connectivity index (χ0n) is 37.5. The third-order valence-corrected chi connectivity index (χ3v) is 13.2. The Morgan fingerprint density at radius 2 is 0.912 bits per heavy atom. The fourth-order valence-electron chi connectivity index (χ4n) is 10.00. The van der Waals surface area contributed by atoms with Gasteiger partial charge in [-0.1, -0.05) is 194 Å². The smallest absolute Gasteiger partial charge is 0.198 e. The maximum atomic E-state index is 3.95. The standard InChI is InChI=1S/C64H46BN3/c1-6-20-45(21-7-1)48-27-18-29-52(40-48)66-60-39-36-50(47-24-10-3-11-25-47)42-58(60)63-57-35-17-16-26-51(57)43-62-64(63)65-59-38-37-56(67(53-30-12-4-13-31-53)54-32-14-5-15-33-54)44-61(59)68(62)55-34-19-28-49(41-55)46-22-8-2-9-23-46/h1-44,65-66H. The summed E-state index contributed by atoms with van der Waals surface area (Å²) in [7, 11) is 0.745. The van der Waals surface area contributed by atoms with E-state index in [1.54, 1.807) is 0 Å². The van der Waals surface area contributed by atoms with Gasteiger partial charge in [0.15, 0.2) is 7.28 Å². The molecule has 0 aliphatic carbocycles. The molecule has 0 saturated carbocycles. The highest BCUT2D eigenvalue weighted by Crippen LogP contribution is 2.46. The maximum absolute atomic E-state index is 3.95. The summed E-state index contributed by atoms with van der Waals surface area (Å²) in [6.07, 6.45) is 0. The van der Waals surface area contributed by atoms with Gasteiger partial charge in [-0.25, -0.2) is 0 Å². The monoisotopic (exact) mass is 867 g/mol. The van der Waals surface area contributed by atoms with Crippen molar-refractivity contribution >= 4 is 74.5 Å². The molecule has 0 fully saturated rings.